The average Bonchev–Trinajstić information content (AvgIpc) is 2.54. The maximum atomic E-state index is 13.2. The van der Waals surface area contributed by atoms with Crippen LogP contribution < -0.4 is 10.6 Å². The molecule has 23 heavy (non-hydrogen) atoms. The van der Waals surface area contributed by atoms with Crippen LogP contribution in [0, 0.1) is 12.7 Å². The molecule has 0 atom stereocenters. The Balaban J connectivity index is 1.69. The lowest BCUT2D eigenvalue weighted by Gasteiger charge is -2.09. The summed E-state index contributed by atoms with van der Waals surface area (Å²) in [7, 11) is 0. The van der Waals surface area contributed by atoms with Crippen molar-refractivity contribution in [2.75, 3.05) is 10.6 Å². The molecule has 116 valence electrons. The van der Waals surface area contributed by atoms with Gasteiger partial charge in [0.15, 0.2) is 5.82 Å². The molecule has 0 amide bonds. The van der Waals surface area contributed by atoms with Gasteiger partial charge in [0.25, 0.3) is 0 Å². The molecule has 0 saturated heterocycles. The third-order valence-electron chi connectivity index (χ3n) is 3.35. The van der Waals surface area contributed by atoms with Crippen LogP contribution in [0.4, 0.5) is 21.8 Å². The second kappa shape index (κ2) is 6.83. The van der Waals surface area contributed by atoms with Crippen molar-refractivity contribution in [1.82, 2.24) is 15.2 Å². The minimum Gasteiger partial charge on any atom is -0.349 e. The second-order valence-corrected chi connectivity index (χ2v) is 5.08. The Labute approximate surface area is 133 Å². The van der Waals surface area contributed by atoms with E-state index >= 15 is 0 Å². The van der Waals surface area contributed by atoms with E-state index in [1.54, 1.807) is 12.1 Å². The standard InChI is InChI=1S/C17H16FN5/c1-12-5-2-3-6-13(12)10-19-17-22-16(11-20-23-17)21-15-8-4-7-14(18)9-15/h2-9,11H,10H2,1H3,(H2,19,21,22,23). The molecule has 0 bridgehead atoms. The minimum absolute atomic E-state index is 0.310. The zero-order chi connectivity index (χ0) is 16.1. The maximum Gasteiger partial charge on any atom is 0.244 e. The summed E-state index contributed by atoms with van der Waals surface area (Å²) in [6.07, 6.45) is 1.49. The van der Waals surface area contributed by atoms with E-state index in [1.165, 1.54) is 29.5 Å². The predicted octanol–water partition coefficient (Wildman–Crippen LogP) is 3.67. The molecule has 1 heterocycles. The maximum absolute atomic E-state index is 13.2. The first-order chi connectivity index (χ1) is 11.2. The number of nitrogens with one attached hydrogen (secondary N) is 2. The van der Waals surface area contributed by atoms with Crippen LogP contribution in [0.3, 0.4) is 0 Å². The third-order valence-corrected chi connectivity index (χ3v) is 3.35. The van der Waals surface area contributed by atoms with Crippen LogP contribution in [0.2, 0.25) is 0 Å². The number of hydrogen-bond acceptors (Lipinski definition) is 5. The molecule has 0 fully saturated rings. The predicted molar refractivity (Wildman–Crippen MR) is 88.0 cm³/mol. The highest BCUT2D eigenvalue weighted by Crippen LogP contribution is 2.16. The van der Waals surface area contributed by atoms with E-state index in [0.29, 0.717) is 24.0 Å². The van der Waals surface area contributed by atoms with Gasteiger partial charge in [0, 0.05) is 12.2 Å². The molecule has 2 N–H and O–H groups in total. The van der Waals surface area contributed by atoms with Gasteiger partial charge < -0.3 is 10.6 Å². The molecule has 0 aliphatic carbocycles. The highest BCUT2D eigenvalue weighted by Gasteiger charge is 2.03. The average molecular weight is 309 g/mol. The molecular formula is C17H16FN5. The topological polar surface area (TPSA) is 62.7 Å². The zero-order valence-electron chi connectivity index (χ0n) is 12.6. The van der Waals surface area contributed by atoms with Crippen LogP contribution in [-0.2, 0) is 6.54 Å². The monoisotopic (exact) mass is 309 g/mol. The van der Waals surface area contributed by atoms with Crippen molar-refractivity contribution in [2.24, 2.45) is 0 Å². The van der Waals surface area contributed by atoms with Crippen LogP contribution in [0.1, 0.15) is 11.1 Å². The molecule has 0 saturated carbocycles. The number of anilines is 3. The molecule has 2 aromatic carbocycles. The molecule has 0 spiro atoms. The van der Waals surface area contributed by atoms with Gasteiger partial charge in [-0.3, -0.25) is 0 Å². The van der Waals surface area contributed by atoms with E-state index in [1.807, 2.05) is 18.2 Å². The zero-order valence-corrected chi connectivity index (χ0v) is 12.6. The summed E-state index contributed by atoms with van der Waals surface area (Å²) in [6, 6.07) is 14.3. The molecule has 1 aromatic heterocycles. The summed E-state index contributed by atoms with van der Waals surface area (Å²) in [6.45, 7) is 2.66. The number of aryl methyl sites for hydroxylation is 1. The van der Waals surface area contributed by atoms with E-state index in [-0.39, 0.29) is 5.82 Å². The van der Waals surface area contributed by atoms with Gasteiger partial charge in [0.05, 0.1) is 6.20 Å². The summed E-state index contributed by atoms with van der Waals surface area (Å²) in [5, 5.41) is 14.0. The summed E-state index contributed by atoms with van der Waals surface area (Å²) in [4.78, 5) is 4.32. The fourth-order valence-electron chi connectivity index (χ4n) is 2.14. The first-order valence-corrected chi connectivity index (χ1v) is 7.21. The van der Waals surface area contributed by atoms with Crippen molar-refractivity contribution in [3.8, 4) is 0 Å². The quantitative estimate of drug-likeness (QED) is 0.753. The van der Waals surface area contributed by atoms with Crippen molar-refractivity contribution in [3.63, 3.8) is 0 Å². The third kappa shape index (κ3) is 4.00. The van der Waals surface area contributed by atoms with Crippen molar-refractivity contribution < 1.29 is 4.39 Å². The van der Waals surface area contributed by atoms with Gasteiger partial charge >= 0.3 is 0 Å². The Morgan fingerprint density at radius 1 is 1.09 bits per heavy atom. The van der Waals surface area contributed by atoms with Crippen molar-refractivity contribution in [1.29, 1.82) is 0 Å². The van der Waals surface area contributed by atoms with Crippen LogP contribution >= 0.6 is 0 Å². The highest BCUT2D eigenvalue weighted by atomic mass is 19.1. The first kappa shape index (κ1) is 14.9. The molecule has 0 radical (unpaired) electrons. The molecule has 0 aliphatic rings. The van der Waals surface area contributed by atoms with E-state index < -0.39 is 0 Å². The fraction of sp³-hybridized carbons (Fsp3) is 0.118. The van der Waals surface area contributed by atoms with Crippen LogP contribution in [0.25, 0.3) is 0 Å². The largest absolute Gasteiger partial charge is 0.349 e. The van der Waals surface area contributed by atoms with Gasteiger partial charge in [0.2, 0.25) is 5.95 Å². The van der Waals surface area contributed by atoms with Crippen LogP contribution in [-0.4, -0.2) is 15.2 Å². The van der Waals surface area contributed by atoms with Gasteiger partial charge in [0.1, 0.15) is 5.82 Å². The van der Waals surface area contributed by atoms with Crippen molar-refractivity contribution in [2.45, 2.75) is 13.5 Å². The Kier molecular flexibility index (Phi) is 4.42. The lowest BCUT2D eigenvalue weighted by molar-refractivity contribution is 0.628. The molecule has 0 unspecified atom stereocenters. The van der Waals surface area contributed by atoms with Crippen molar-refractivity contribution >= 4 is 17.5 Å². The smallest absolute Gasteiger partial charge is 0.244 e. The first-order valence-electron chi connectivity index (χ1n) is 7.21. The number of benzene rings is 2. The summed E-state index contributed by atoms with van der Waals surface area (Å²) in [5.74, 6) is 0.599. The van der Waals surface area contributed by atoms with E-state index in [2.05, 4.69) is 38.8 Å². The minimum atomic E-state index is -0.310. The van der Waals surface area contributed by atoms with Gasteiger partial charge in [-0.2, -0.15) is 10.1 Å². The summed E-state index contributed by atoms with van der Waals surface area (Å²) >= 11 is 0. The Hall–Kier alpha value is -3.02. The Bertz CT molecular complexity index is 806. The van der Waals surface area contributed by atoms with Gasteiger partial charge in [-0.25, -0.2) is 4.39 Å². The Morgan fingerprint density at radius 2 is 1.96 bits per heavy atom. The number of aromatic nitrogens is 3. The fourth-order valence-corrected chi connectivity index (χ4v) is 2.14. The number of halogens is 1. The number of hydrogen-bond donors (Lipinski definition) is 2. The molecule has 0 aliphatic heterocycles. The van der Waals surface area contributed by atoms with E-state index in [0.717, 1.165) is 0 Å². The van der Waals surface area contributed by atoms with E-state index in [4.69, 9.17) is 0 Å². The summed E-state index contributed by atoms with van der Waals surface area (Å²) in [5.41, 5.74) is 2.97. The van der Waals surface area contributed by atoms with E-state index in [9.17, 15) is 4.39 Å². The molecule has 5 nitrogen and oxygen atoms in total. The number of nitrogens with zero attached hydrogens (tertiary/aromatic N) is 3. The molecular weight excluding hydrogens is 293 g/mol. The van der Waals surface area contributed by atoms with Gasteiger partial charge in [-0.05, 0) is 36.2 Å². The van der Waals surface area contributed by atoms with Crippen LogP contribution in [0.15, 0.2) is 54.7 Å². The van der Waals surface area contributed by atoms with Crippen molar-refractivity contribution in [3.05, 3.63) is 71.7 Å². The molecule has 6 heteroatoms. The lowest BCUT2D eigenvalue weighted by Crippen LogP contribution is -2.07. The second-order valence-electron chi connectivity index (χ2n) is 5.08. The lowest BCUT2D eigenvalue weighted by atomic mass is 10.1. The molecule has 3 rings (SSSR count). The van der Waals surface area contributed by atoms with Gasteiger partial charge in [-0.15, -0.1) is 5.10 Å². The Morgan fingerprint density at radius 3 is 2.78 bits per heavy atom. The SMILES string of the molecule is Cc1ccccc1CNc1nncc(Nc2cccc(F)c2)n1. The molecule has 3 aromatic rings. The summed E-state index contributed by atoms with van der Waals surface area (Å²) < 4.78 is 13.2. The number of rotatable bonds is 5. The van der Waals surface area contributed by atoms with Gasteiger partial charge in [-0.1, -0.05) is 30.3 Å². The normalized spacial score (nSPS) is 10.3. The highest BCUT2D eigenvalue weighted by molar-refractivity contribution is 5.55. The van der Waals surface area contributed by atoms with Crippen LogP contribution in [0.5, 0.6) is 0 Å².